The molecular formula is C19H30N4O2. The number of nitrogens with one attached hydrogen (secondary N) is 1. The van der Waals surface area contributed by atoms with Crippen LogP contribution in [0.25, 0.3) is 0 Å². The van der Waals surface area contributed by atoms with Crippen LogP contribution in [0.2, 0.25) is 0 Å². The van der Waals surface area contributed by atoms with Crippen molar-refractivity contribution in [2.75, 3.05) is 64.9 Å². The van der Waals surface area contributed by atoms with Crippen molar-refractivity contribution in [3.8, 4) is 0 Å². The van der Waals surface area contributed by atoms with Gasteiger partial charge in [0.2, 0.25) is 0 Å². The van der Waals surface area contributed by atoms with Crippen LogP contribution in [0.3, 0.4) is 0 Å². The van der Waals surface area contributed by atoms with Crippen molar-refractivity contribution in [3.63, 3.8) is 0 Å². The Kier molecular flexibility index (Phi) is 6.15. The van der Waals surface area contributed by atoms with Crippen LogP contribution in [0.15, 0.2) is 18.2 Å². The summed E-state index contributed by atoms with van der Waals surface area (Å²) in [7, 11) is 4.00. The minimum Gasteiger partial charge on any atom is -0.379 e. The van der Waals surface area contributed by atoms with Gasteiger partial charge in [-0.05, 0) is 30.0 Å². The maximum absolute atomic E-state index is 12.3. The van der Waals surface area contributed by atoms with E-state index in [0.717, 1.165) is 52.4 Å². The second-order valence-corrected chi connectivity index (χ2v) is 7.02. The highest BCUT2D eigenvalue weighted by Crippen LogP contribution is 2.26. The molecule has 3 rings (SSSR count). The molecule has 6 heteroatoms. The van der Waals surface area contributed by atoms with Gasteiger partial charge in [-0.25, -0.2) is 4.79 Å². The van der Waals surface area contributed by atoms with E-state index in [4.69, 9.17) is 4.74 Å². The molecule has 0 bridgehead atoms. The molecular weight excluding hydrogens is 316 g/mol. The quantitative estimate of drug-likeness (QED) is 0.879. The number of fused-ring (bicyclic) bond motifs is 1. The van der Waals surface area contributed by atoms with Crippen molar-refractivity contribution in [3.05, 3.63) is 29.3 Å². The average molecular weight is 346 g/mol. The Morgan fingerprint density at radius 2 is 2.08 bits per heavy atom. The van der Waals surface area contributed by atoms with Crippen molar-refractivity contribution in [2.24, 2.45) is 0 Å². The molecule has 0 spiro atoms. The van der Waals surface area contributed by atoms with E-state index in [1.165, 1.54) is 23.2 Å². The van der Waals surface area contributed by atoms with Crippen LogP contribution in [-0.2, 0) is 17.7 Å². The third-order valence-electron chi connectivity index (χ3n) is 5.14. The van der Waals surface area contributed by atoms with Gasteiger partial charge in [0.1, 0.15) is 0 Å². The van der Waals surface area contributed by atoms with Gasteiger partial charge < -0.3 is 19.9 Å². The van der Waals surface area contributed by atoms with E-state index in [9.17, 15) is 4.79 Å². The smallest absolute Gasteiger partial charge is 0.317 e. The number of hydrogen-bond acceptors (Lipinski definition) is 4. The fourth-order valence-electron chi connectivity index (χ4n) is 3.48. The van der Waals surface area contributed by atoms with E-state index in [1.54, 1.807) is 4.90 Å². The van der Waals surface area contributed by atoms with Crippen LogP contribution < -0.4 is 10.2 Å². The summed E-state index contributed by atoms with van der Waals surface area (Å²) < 4.78 is 5.35. The van der Waals surface area contributed by atoms with Gasteiger partial charge in [0.15, 0.2) is 0 Å². The topological polar surface area (TPSA) is 48.1 Å². The maximum Gasteiger partial charge on any atom is 0.317 e. The standard InChI is InChI=1S/C19H30N4O2/c1-21-7-3-4-17-14-16(5-6-18(17)21)15-20-19(24)22(2)8-9-23-10-12-25-13-11-23/h5-6,14H,3-4,7-13,15H2,1-2H3,(H,20,24). The Morgan fingerprint density at radius 1 is 1.28 bits per heavy atom. The highest BCUT2D eigenvalue weighted by atomic mass is 16.5. The molecule has 2 heterocycles. The summed E-state index contributed by atoms with van der Waals surface area (Å²) in [6, 6.07) is 6.52. The first-order chi connectivity index (χ1) is 12.1. The lowest BCUT2D eigenvalue weighted by Crippen LogP contribution is -2.44. The fourth-order valence-corrected chi connectivity index (χ4v) is 3.48. The van der Waals surface area contributed by atoms with E-state index in [-0.39, 0.29) is 6.03 Å². The van der Waals surface area contributed by atoms with E-state index in [0.29, 0.717) is 6.54 Å². The van der Waals surface area contributed by atoms with E-state index >= 15 is 0 Å². The second kappa shape index (κ2) is 8.54. The number of ether oxygens (including phenoxy) is 1. The number of nitrogens with zero attached hydrogens (tertiary/aromatic N) is 3. The minimum absolute atomic E-state index is 0.0110. The number of likely N-dealkylation sites (N-methyl/N-ethyl adjacent to an activating group) is 1. The molecule has 1 aromatic rings. The van der Waals surface area contributed by atoms with Crippen LogP contribution in [0.5, 0.6) is 0 Å². The fraction of sp³-hybridized carbons (Fsp3) is 0.632. The zero-order chi connectivity index (χ0) is 17.6. The molecule has 1 N–H and O–H groups in total. The monoisotopic (exact) mass is 346 g/mol. The van der Waals surface area contributed by atoms with Crippen molar-refractivity contribution >= 4 is 11.7 Å². The predicted octanol–water partition coefficient (Wildman–Crippen LogP) is 1.54. The SMILES string of the molecule is CN(CCN1CCOCC1)C(=O)NCc1ccc2c(c1)CCCN2C. The number of carbonyl (C=O) groups excluding carboxylic acids is 1. The number of rotatable bonds is 5. The zero-order valence-corrected chi connectivity index (χ0v) is 15.5. The van der Waals surface area contributed by atoms with E-state index in [2.05, 4.69) is 40.4 Å². The molecule has 6 nitrogen and oxygen atoms in total. The van der Waals surface area contributed by atoms with Gasteiger partial charge in [-0.1, -0.05) is 12.1 Å². The second-order valence-electron chi connectivity index (χ2n) is 7.02. The number of anilines is 1. The van der Waals surface area contributed by atoms with Gasteiger partial charge in [0.25, 0.3) is 0 Å². The average Bonchev–Trinajstić information content (AvgIpc) is 2.65. The van der Waals surface area contributed by atoms with Gasteiger partial charge in [-0.3, -0.25) is 4.90 Å². The van der Waals surface area contributed by atoms with Crippen LogP contribution in [0.1, 0.15) is 17.5 Å². The minimum atomic E-state index is -0.0110. The molecule has 138 valence electrons. The van der Waals surface area contributed by atoms with Crippen LogP contribution in [0, 0.1) is 0 Å². The van der Waals surface area contributed by atoms with Crippen LogP contribution in [0.4, 0.5) is 10.5 Å². The number of carbonyl (C=O) groups is 1. The van der Waals surface area contributed by atoms with Crippen LogP contribution >= 0.6 is 0 Å². The molecule has 2 amide bonds. The largest absolute Gasteiger partial charge is 0.379 e. The number of aryl methyl sites for hydroxylation is 1. The first-order valence-electron chi connectivity index (χ1n) is 9.25. The van der Waals surface area contributed by atoms with Crippen LogP contribution in [-0.4, -0.2) is 75.9 Å². The summed E-state index contributed by atoms with van der Waals surface area (Å²) in [6.07, 6.45) is 2.32. The number of morpholine rings is 1. The van der Waals surface area contributed by atoms with E-state index < -0.39 is 0 Å². The Hall–Kier alpha value is -1.79. The van der Waals surface area contributed by atoms with E-state index in [1.807, 2.05) is 7.05 Å². The van der Waals surface area contributed by atoms with Gasteiger partial charge in [0.05, 0.1) is 13.2 Å². The molecule has 0 aromatic heterocycles. The number of hydrogen-bond donors (Lipinski definition) is 1. The number of amides is 2. The Morgan fingerprint density at radius 3 is 2.88 bits per heavy atom. The normalized spacial score (nSPS) is 17.9. The lowest BCUT2D eigenvalue weighted by atomic mass is 9.99. The molecule has 1 aromatic carbocycles. The first-order valence-corrected chi connectivity index (χ1v) is 9.25. The molecule has 0 atom stereocenters. The Labute approximate surface area is 150 Å². The molecule has 2 aliphatic rings. The lowest BCUT2D eigenvalue weighted by Gasteiger charge is -2.29. The highest BCUT2D eigenvalue weighted by Gasteiger charge is 2.15. The highest BCUT2D eigenvalue weighted by molar-refractivity contribution is 5.73. The summed E-state index contributed by atoms with van der Waals surface area (Å²) in [5, 5.41) is 3.03. The number of urea groups is 1. The summed E-state index contributed by atoms with van der Waals surface area (Å²) in [6.45, 7) is 6.85. The lowest BCUT2D eigenvalue weighted by molar-refractivity contribution is 0.0357. The molecule has 2 aliphatic heterocycles. The molecule has 0 aliphatic carbocycles. The summed E-state index contributed by atoms with van der Waals surface area (Å²) in [4.78, 5) is 18.7. The van der Waals surface area contributed by atoms with Crippen molar-refractivity contribution in [1.29, 1.82) is 0 Å². The summed E-state index contributed by atoms with van der Waals surface area (Å²) in [5.41, 5.74) is 3.88. The van der Waals surface area contributed by atoms with Gasteiger partial charge in [-0.15, -0.1) is 0 Å². The molecule has 25 heavy (non-hydrogen) atoms. The molecule has 0 saturated carbocycles. The molecule has 1 fully saturated rings. The third kappa shape index (κ3) is 4.86. The van der Waals surface area contributed by atoms with Gasteiger partial charge in [-0.2, -0.15) is 0 Å². The molecule has 1 saturated heterocycles. The maximum atomic E-state index is 12.3. The Bertz CT molecular complexity index is 587. The van der Waals surface area contributed by atoms with Gasteiger partial charge in [0, 0.05) is 59.1 Å². The number of benzene rings is 1. The molecule has 0 radical (unpaired) electrons. The summed E-state index contributed by atoms with van der Waals surface area (Å²) in [5.74, 6) is 0. The Balaban J connectivity index is 1.45. The molecule has 0 unspecified atom stereocenters. The predicted molar refractivity (Wildman–Crippen MR) is 100 cm³/mol. The zero-order valence-electron chi connectivity index (χ0n) is 15.5. The van der Waals surface area contributed by atoms with Crippen molar-refractivity contribution in [2.45, 2.75) is 19.4 Å². The van der Waals surface area contributed by atoms with Crippen molar-refractivity contribution in [1.82, 2.24) is 15.1 Å². The summed E-state index contributed by atoms with van der Waals surface area (Å²) >= 11 is 0. The third-order valence-corrected chi connectivity index (χ3v) is 5.14. The van der Waals surface area contributed by atoms with Crippen molar-refractivity contribution < 1.29 is 9.53 Å². The van der Waals surface area contributed by atoms with Gasteiger partial charge >= 0.3 is 6.03 Å². The first kappa shape index (κ1) is 18.0.